The van der Waals surface area contributed by atoms with Gasteiger partial charge in [0.2, 0.25) is 0 Å². The molecule has 0 aromatic heterocycles. The van der Waals surface area contributed by atoms with Gasteiger partial charge >= 0.3 is 11.9 Å². The number of nitrogens with zero attached hydrogens (tertiary/aromatic N) is 1. The maximum Gasteiger partial charge on any atom is 0.303 e. The maximum absolute atomic E-state index is 9.90. The number of benzene rings is 1. The SMILES string of the molecule is CC1CN(Cl)CCc2ccccc21.O=C(O)CCCCC(=O)O. The number of carboxylic acid groups (broad SMARTS) is 2. The highest BCUT2D eigenvalue weighted by Crippen LogP contribution is 2.25. The first-order valence-electron chi connectivity index (χ1n) is 7.82. The summed E-state index contributed by atoms with van der Waals surface area (Å²) in [5.41, 5.74) is 2.92. The molecule has 1 aromatic rings. The van der Waals surface area contributed by atoms with Crippen molar-refractivity contribution in [3.8, 4) is 0 Å². The van der Waals surface area contributed by atoms with E-state index in [4.69, 9.17) is 22.0 Å². The Kier molecular flexibility index (Phi) is 8.66. The van der Waals surface area contributed by atoms with Crippen LogP contribution < -0.4 is 0 Å². The minimum absolute atomic E-state index is 0.0628. The van der Waals surface area contributed by atoms with Gasteiger partial charge in [-0.2, -0.15) is 0 Å². The molecular weight excluding hydrogens is 318 g/mol. The van der Waals surface area contributed by atoms with Gasteiger partial charge in [-0.25, -0.2) is 4.42 Å². The van der Waals surface area contributed by atoms with Crippen LogP contribution in [0.3, 0.4) is 0 Å². The monoisotopic (exact) mass is 341 g/mol. The molecule has 2 N–H and O–H groups in total. The van der Waals surface area contributed by atoms with Crippen LogP contribution in [0.25, 0.3) is 0 Å². The molecule has 1 aliphatic heterocycles. The van der Waals surface area contributed by atoms with Crippen LogP contribution >= 0.6 is 11.8 Å². The van der Waals surface area contributed by atoms with Gasteiger partial charge < -0.3 is 10.2 Å². The average Bonchev–Trinajstić information content (AvgIpc) is 2.63. The fourth-order valence-corrected chi connectivity index (χ4v) is 2.82. The molecule has 0 aliphatic carbocycles. The number of aliphatic carboxylic acids is 2. The van der Waals surface area contributed by atoms with E-state index in [0.717, 1.165) is 19.5 Å². The summed E-state index contributed by atoms with van der Waals surface area (Å²) in [5.74, 6) is -1.19. The Morgan fingerprint density at radius 3 is 2.30 bits per heavy atom. The molecule has 0 bridgehead atoms. The van der Waals surface area contributed by atoms with Crippen LogP contribution in [0.4, 0.5) is 0 Å². The summed E-state index contributed by atoms with van der Waals surface area (Å²) in [5, 5.41) is 16.3. The van der Waals surface area contributed by atoms with Gasteiger partial charge in [-0.15, -0.1) is 0 Å². The van der Waals surface area contributed by atoms with E-state index < -0.39 is 11.9 Å². The van der Waals surface area contributed by atoms with E-state index in [1.54, 1.807) is 0 Å². The number of hydrogen-bond donors (Lipinski definition) is 2. The molecular formula is C17H24ClNO4. The Balaban J connectivity index is 0.000000241. The van der Waals surface area contributed by atoms with E-state index in [0.29, 0.717) is 18.8 Å². The Morgan fingerprint density at radius 1 is 1.17 bits per heavy atom. The number of carbonyl (C=O) groups is 2. The van der Waals surface area contributed by atoms with Gasteiger partial charge in [0.1, 0.15) is 0 Å². The van der Waals surface area contributed by atoms with Crippen molar-refractivity contribution in [3.05, 3.63) is 35.4 Å². The lowest BCUT2D eigenvalue weighted by Gasteiger charge is -2.14. The van der Waals surface area contributed by atoms with Gasteiger partial charge in [0, 0.05) is 25.9 Å². The largest absolute Gasteiger partial charge is 0.481 e. The fourth-order valence-electron chi connectivity index (χ4n) is 2.52. The average molecular weight is 342 g/mol. The molecule has 2 rings (SSSR count). The summed E-state index contributed by atoms with van der Waals surface area (Å²) in [6.45, 7) is 4.15. The van der Waals surface area contributed by atoms with E-state index in [-0.39, 0.29) is 12.8 Å². The van der Waals surface area contributed by atoms with E-state index >= 15 is 0 Å². The molecule has 0 saturated carbocycles. The first-order valence-corrected chi connectivity index (χ1v) is 8.16. The smallest absolute Gasteiger partial charge is 0.303 e. The molecule has 1 aliphatic rings. The summed E-state index contributed by atoms with van der Waals surface area (Å²) in [6.07, 6.45) is 2.09. The standard InChI is InChI=1S/C11H14ClN.C6H10O4/c1-9-8-13(12)7-6-10-4-2-3-5-11(9)10;7-5(8)3-1-2-4-6(9)10/h2-5,9H,6-8H2,1H3;1-4H2,(H,7,8)(H,9,10). The van der Waals surface area contributed by atoms with Crippen molar-refractivity contribution in [3.63, 3.8) is 0 Å². The first kappa shape index (κ1) is 19.5. The van der Waals surface area contributed by atoms with E-state index in [1.165, 1.54) is 11.1 Å². The molecule has 23 heavy (non-hydrogen) atoms. The van der Waals surface area contributed by atoms with Crippen LogP contribution in [-0.4, -0.2) is 39.7 Å². The van der Waals surface area contributed by atoms with E-state index in [2.05, 4.69) is 31.2 Å². The molecule has 1 atom stereocenters. The summed E-state index contributed by atoms with van der Waals surface area (Å²) < 4.78 is 1.89. The van der Waals surface area contributed by atoms with Gasteiger partial charge in [0.05, 0.1) is 0 Å². The van der Waals surface area contributed by atoms with Gasteiger partial charge in [0.15, 0.2) is 0 Å². The lowest BCUT2D eigenvalue weighted by Crippen LogP contribution is -2.16. The molecule has 0 fully saturated rings. The molecule has 0 radical (unpaired) electrons. The molecule has 5 nitrogen and oxygen atoms in total. The quantitative estimate of drug-likeness (QED) is 0.633. The van der Waals surface area contributed by atoms with Gasteiger partial charge in [-0.05, 0) is 48.1 Å². The van der Waals surface area contributed by atoms with Gasteiger partial charge in [-0.1, -0.05) is 31.2 Å². The summed E-state index contributed by atoms with van der Waals surface area (Å²) in [6, 6.07) is 8.65. The molecule has 6 heteroatoms. The Labute approximate surface area is 142 Å². The van der Waals surface area contributed by atoms with Crippen molar-refractivity contribution in [2.75, 3.05) is 13.1 Å². The lowest BCUT2D eigenvalue weighted by molar-refractivity contribution is -0.139. The van der Waals surface area contributed by atoms with Gasteiger partial charge in [0.25, 0.3) is 0 Å². The highest BCUT2D eigenvalue weighted by Gasteiger charge is 2.17. The molecule has 0 amide bonds. The minimum atomic E-state index is -0.870. The summed E-state index contributed by atoms with van der Waals surface area (Å²) >= 11 is 6.04. The lowest BCUT2D eigenvalue weighted by atomic mass is 9.96. The molecule has 1 unspecified atom stereocenters. The number of fused-ring (bicyclic) bond motifs is 1. The third-order valence-electron chi connectivity index (χ3n) is 3.71. The predicted octanol–water partition coefficient (Wildman–Crippen LogP) is 3.52. The van der Waals surface area contributed by atoms with Crippen molar-refractivity contribution in [1.29, 1.82) is 0 Å². The summed E-state index contributed by atoms with van der Waals surface area (Å²) in [4.78, 5) is 19.8. The van der Waals surface area contributed by atoms with Crippen molar-refractivity contribution in [2.24, 2.45) is 0 Å². The normalized spacial score (nSPS) is 17.4. The van der Waals surface area contributed by atoms with Crippen LogP contribution in [0.1, 0.15) is 49.7 Å². The number of carboxylic acids is 2. The molecule has 1 heterocycles. The third kappa shape index (κ3) is 8.00. The van der Waals surface area contributed by atoms with Crippen LogP contribution in [0, 0.1) is 0 Å². The maximum atomic E-state index is 9.90. The van der Waals surface area contributed by atoms with Crippen molar-refractivity contribution in [2.45, 2.75) is 44.9 Å². The zero-order valence-electron chi connectivity index (χ0n) is 13.4. The van der Waals surface area contributed by atoms with Crippen LogP contribution in [0.2, 0.25) is 0 Å². The van der Waals surface area contributed by atoms with Crippen molar-refractivity contribution in [1.82, 2.24) is 4.42 Å². The number of halogens is 1. The molecule has 0 saturated heterocycles. The highest BCUT2D eigenvalue weighted by molar-refractivity contribution is 6.13. The highest BCUT2D eigenvalue weighted by atomic mass is 35.5. The zero-order valence-corrected chi connectivity index (χ0v) is 14.1. The molecule has 0 spiro atoms. The number of unbranched alkanes of at least 4 members (excludes halogenated alkanes) is 1. The number of rotatable bonds is 5. The first-order chi connectivity index (χ1) is 10.9. The van der Waals surface area contributed by atoms with Crippen LogP contribution in [0.15, 0.2) is 24.3 Å². The zero-order chi connectivity index (χ0) is 17.2. The number of hydrogen-bond acceptors (Lipinski definition) is 3. The third-order valence-corrected chi connectivity index (χ3v) is 4.02. The second-order valence-electron chi connectivity index (χ2n) is 5.71. The van der Waals surface area contributed by atoms with Crippen LogP contribution in [0.5, 0.6) is 0 Å². The Bertz CT molecular complexity index is 505. The Morgan fingerprint density at radius 2 is 1.74 bits per heavy atom. The molecule has 128 valence electrons. The van der Waals surface area contributed by atoms with E-state index in [9.17, 15) is 9.59 Å². The van der Waals surface area contributed by atoms with Gasteiger partial charge in [-0.3, -0.25) is 9.59 Å². The second-order valence-corrected chi connectivity index (χ2v) is 6.19. The fraction of sp³-hybridized carbons (Fsp3) is 0.529. The summed E-state index contributed by atoms with van der Waals surface area (Å²) in [7, 11) is 0. The Hall–Kier alpha value is -1.59. The van der Waals surface area contributed by atoms with Crippen molar-refractivity contribution >= 4 is 23.7 Å². The molecule has 1 aromatic carbocycles. The van der Waals surface area contributed by atoms with Crippen molar-refractivity contribution < 1.29 is 19.8 Å². The van der Waals surface area contributed by atoms with E-state index in [1.807, 2.05) is 4.42 Å². The second kappa shape index (κ2) is 10.2. The predicted molar refractivity (Wildman–Crippen MR) is 89.7 cm³/mol. The minimum Gasteiger partial charge on any atom is -0.481 e. The van der Waals surface area contributed by atoms with Crippen LogP contribution in [-0.2, 0) is 16.0 Å². The topological polar surface area (TPSA) is 77.8 Å².